The molecular formula is C20H28N2O. The van der Waals surface area contributed by atoms with Gasteiger partial charge in [-0.25, -0.2) is 0 Å². The molecule has 3 atom stereocenters. The van der Waals surface area contributed by atoms with Crippen LogP contribution in [-0.2, 0) is 4.79 Å². The Morgan fingerprint density at radius 3 is 2.65 bits per heavy atom. The van der Waals surface area contributed by atoms with Crippen molar-refractivity contribution in [2.75, 3.05) is 6.54 Å². The molecule has 1 N–H and O–H groups in total. The maximum absolute atomic E-state index is 12.9. The molecule has 0 radical (unpaired) electrons. The maximum atomic E-state index is 12.9. The number of fused-ring (bicyclic) bond motifs is 2. The zero-order valence-electron chi connectivity index (χ0n) is 14.1. The van der Waals surface area contributed by atoms with Crippen LogP contribution in [-0.4, -0.2) is 29.4 Å². The van der Waals surface area contributed by atoms with Crippen LogP contribution in [0.3, 0.4) is 0 Å². The quantitative estimate of drug-likeness (QED) is 0.925. The van der Waals surface area contributed by atoms with Crippen LogP contribution < -0.4 is 5.32 Å². The number of nitrogens with zero attached hydrogens (tertiary/aromatic N) is 1. The lowest BCUT2D eigenvalue weighted by Gasteiger charge is -2.32. The molecule has 124 valence electrons. The van der Waals surface area contributed by atoms with Crippen molar-refractivity contribution in [3.05, 3.63) is 35.4 Å². The Morgan fingerprint density at radius 1 is 1.17 bits per heavy atom. The molecule has 3 unspecified atom stereocenters. The summed E-state index contributed by atoms with van der Waals surface area (Å²) in [5, 5.41) is 3.68. The minimum atomic E-state index is 0.308. The lowest BCUT2D eigenvalue weighted by atomic mass is 9.89. The van der Waals surface area contributed by atoms with Gasteiger partial charge in [0.05, 0.1) is 6.04 Å². The molecular weight excluding hydrogens is 284 g/mol. The lowest BCUT2D eigenvalue weighted by Crippen LogP contribution is -2.40. The minimum Gasteiger partial charge on any atom is -0.336 e. The van der Waals surface area contributed by atoms with Gasteiger partial charge in [-0.2, -0.15) is 0 Å². The van der Waals surface area contributed by atoms with Gasteiger partial charge < -0.3 is 10.2 Å². The number of carbonyl (C=O) groups excluding carboxylic acids is 1. The van der Waals surface area contributed by atoms with Gasteiger partial charge in [-0.05, 0) is 62.5 Å². The van der Waals surface area contributed by atoms with Crippen LogP contribution in [0.15, 0.2) is 24.3 Å². The number of aryl methyl sites for hydroxylation is 1. The summed E-state index contributed by atoms with van der Waals surface area (Å²) in [6, 6.07) is 10.2. The summed E-state index contributed by atoms with van der Waals surface area (Å²) in [7, 11) is 0. The van der Waals surface area contributed by atoms with Crippen molar-refractivity contribution in [2.45, 2.75) is 70.0 Å². The normalized spacial score (nSPS) is 33.2. The zero-order chi connectivity index (χ0) is 15.8. The predicted octanol–water partition coefficient (Wildman–Crippen LogP) is 3.58. The van der Waals surface area contributed by atoms with E-state index in [9.17, 15) is 4.79 Å². The van der Waals surface area contributed by atoms with Gasteiger partial charge in [0.2, 0.25) is 5.91 Å². The molecule has 0 saturated carbocycles. The minimum absolute atomic E-state index is 0.308. The molecule has 2 bridgehead atoms. The highest BCUT2D eigenvalue weighted by molar-refractivity contribution is 5.77. The van der Waals surface area contributed by atoms with Gasteiger partial charge in [0, 0.05) is 25.0 Å². The second-order valence-electron chi connectivity index (χ2n) is 7.78. The summed E-state index contributed by atoms with van der Waals surface area (Å²) in [5.74, 6) is 0.987. The summed E-state index contributed by atoms with van der Waals surface area (Å²) in [6.45, 7) is 3.11. The predicted molar refractivity (Wildman–Crippen MR) is 92.2 cm³/mol. The van der Waals surface area contributed by atoms with Crippen molar-refractivity contribution in [3.8, 4) is 0 Å². The number of amides is 1. The lowest BCUT2D eigenvalue weighted by molar-refractivity contribution is -0.133. The standard InChI is InChI=1S/C20H28N2O/c1-14-5-2-3-6-18(14)19-7-4-10-22(19)20(23)13-15-11-16-8-9-17(12-15)21-16/h2-3,5-6,15-17,19,21H,4,7-13H2,1H3. The van der Waals surface area contributed by atoms with E-state index in [4.69, 9.17) is 0 Å². The molecule has 0 aromatic heterocycles. The van der Waals surface area contributed by atoms with E-state index in [2.05, 4.69) is 41.4 Å². The molecule has 3 heteroatoms. The van der Waals surface area contributed by atoms with Gasteiger partial charge in [0.25, 0.3) is 0 Å². The highest BCUT2D eigenvalue weighted by atomic mass is 16.2. The van der Waals surface area contributed by atoms with E-state index >= 15 is 0 Å². The van der Waals surface area contributed by atoms with Crippen molar-refractivity contribution in [1.29, 1.82) is 0 Å². The van der Waals surface area contributed by atoms with Gasteiger partial charge in [-0.1, -0.05) is 24.3 Å². The van der Waals surface area contributed by atoms with Gasteiger partial charge >= 0.3 is 0 Å². The number of piperidine rings is 1. The molecule has 0 spiro atoms. The molecule has 1 aromatic carbocycles. The van der Waals surface area contributed by atoms with Crippen LogP contribution in [0.4, 0.5) is 0 Å². The Kier molecular flexibility index (Phi) is 4.14. The summed E-state index contributed by atoms with van der Waals surface area (Å²) in [6.07, 6.45) is 8.04. The van der Waals surface area contributed by atoms with E-state index in [1.54, 1.807) is 0 Å². The molecule has 3 heterocycles. The summed E-state index contributed by atoms with van der Waals surface area (Å²) < 4.78 is 0. The first-order valence-electron chi connectivity index (χ1n) is 9.32. The second-order valence-corrected chi connectivity index (χ2v) is 7.78. The number of likely N-dealkylation sites (tertiary alicyclic amines) is 1. The fourth-order valence-electron chi connectivity index (χ4n) is 5.06. The number of nitrogens with one attached hydrogen (secondary N) is 1. The molecule has 3 saturated heterocycles. The van der Waals surface area contributed by atoms with E-state index < -0.39 is 0 Å². The first-order chi connectivity index (χ1) is 11.2. The monoisotopic (exact) mass is 312 g/mol. The largest absolute Gasteiger partial charge is 0.336 e. The molecule has 4 rings (SSSR count). The number of benzene rings is 1. The molecule has 3 fully saturated rings. The van der Waals surface area contributed by atoms with Crippen molar-refractivity contribution < 1.29 is 4.79 Å². The average molecular weight is 312 g/mol. The van der Waals surface area contributed by atoms with Crippen LogP contribution >= 0.6 is 0 Å². The Morgan fingerprint density at radius 2 is 1.91 bits per heavy atom. The Hall–Kier alpha value is -1.35. The third-order valence-electron chi connectivity index (χ3n) is 6.15. The van der Waals surface area contributed by atoms with Crippen LogP contribution in [0, 0.1) is 12.8 Å². The van der Waals surface area contributed by atoms with Gasteiger partial charge in [-0.3, -0.25) is 4.79 Å². The highest BCUT2D eigenvalue weighted by Gasteiger charge is 2.37. The first-order valence-corrected chi connectivity index (χ1v) is 9.32. The van der Waals surface area contributed by atoms with Crippen molar-refractivity contribution in [1.82, 2.24) is 10.2 Å². The summed E-state index contributed by atoms with van der Waals surface area (Å²) in [4.78, 5) is 15.1. The molecule has 1 aromatic rings. The van der Waals surface area contributed by atoms with Crippen LogP contribution in [0.2, 0.25) is 0 Å². The van der Waals surface area contributed by atoms with Crippen LogP contribution in [0.1, 0.15) is 62.1 Å². The van der Waals surface area contributed by atoms with Gasteiger partial charge in [0.1, 0.15) is 0 Å². The molecule has 1 amide bonds. The fraction of sp³-hybridized carbons (Fsp3) is 0.650. The van der Waals surface area contributed by atoms with Crippen molar-refractivity contribution in [2.24, 2.45) is 5.92 Å². The van der Waals surface area contributed by atoms with Crippen LogP contribution in [0.5, 0.6) is 0 Å². The average Bonchev–Trinajstić information content (AvgIpc) is 3.14. The molecule has 3 aliphatic heterocycles. The third kappa shape index (κ3) is 3.03. The second kappa shape index (κ2) is 6.27. The zero-order valence-corrected chi connectivity index (χ0v) is 14.1. The van der Waals surface area contributed by atoms with Crippen LogP contribution in [0.25, 0.3) is 0 Å². The van der Waals surface area contributed by atoms with E-state index in [1.807, 2.05) is 0 Å². The third-order valence-corrected chi connectivity index (χ3v) is 6.15. The highest BCUT2D eigenvalue weighted by Crippen LogP contribution is 2.37. The number of rotatable bonds is 3. The Labute approximate surface area is 139 Å². The van der Waals surface area contributed by atoms with E-state index in [-0.39, 0.29) is 0 Å². The number of hydrogen-bond acceptors (Lipinski definition) is 2. The number of hydrogen-bond donors (Lipinski definition) is 1. The Bertz CT molecular complexity index is 573. The fourth-order valence-corrected chi connectivity index (χ4v) is 5.06. The maximum Gasteiger partial charge on any atom is 0.223 e. The van der Waals surface area contributed by atoms with Gasteiger partial charge in [0.15, 0.2) is 0 Å². The molecule has 0 aliphatic carbocycles. The van der Waals surface area contributed by atoms with Crippen molar-refractivity contribution >= 4 is 5.91 Å². The Balaban J connectivity index is 1.44. The van der Waals surface area contributed by atoms with Gasteiger partial charge in [-0.15, -0.1) is 0 Å². The van der Waals surface area contributed by atoms with Crippen molar-refractivity contribution in [3.63, 3.8) is 0 Å². The molecule has 3 nitrogen and oxygen atoms in total. The number of carbonyl (C=O) groups is 1. The molecule has 23 heavy (non-hydrogen) atoms. The smallest absolute Gasteiger partial charge is 0.223 e. The summed E-state index contributed by atoms with van der Waals surface area (Å²) in [5.41, 5.74) is 2.67. The van der Waals surface area contributed by atoms with E-state index in [0.717, 1.165) is 25.8 Å². The van der Waals surface area contributed by atoms with E-state index in [1.165, 1.54) is 36.8 Å². The first kappa shape index (κ1) is 15.2. The summed E-state index contributed by atoms with van der Waals surface area (Å²) >= 11 is 0. The topological polar surface area (TPSA) is 32.3 Å². The SMILES string of the molecule is Cc1ccccc1C1CCCN1C(=O)CC1CC2CCC(C1)N2. The van der Waals surface area contributed by atoms with E-state index in [0.29, 0.717) is 30.0 Å². The molecule has 3 aliphatic rings.